The Bertz CT molecular complexity index is 2760. The number of esters is 1. The minimum absolute atomic E-state index is 0.0159. The van der Waals surface area contributed by atoms with Crippen LogP contribution in [-0.2, 0) is 65.5 Å². The number of benzene rings is 2. The van der Waals surface area contributed by atoms with Crippen LogP contribution in [0.4, 0.5) is 0 Å². The Balaban J connectivity index is 1.63. The summed E-state index contributed by atoms with van der Waals surface area (Å²) in [5.74, 6) is -9.74. The minimum Gasteiger partial charge on any atom is -0.508 e. The second kappa shape index (κ2) is 40.3. The van der Waals surface area contributed by atoms with Crippen molar-refractivity contribution in [3.8, 4) is 5.75 Å². The van der Waals surface area contributed by atoms with E-state index in [4.69, 9.17) is 4.74 Å². The summed E-state index contributed by atoms with van der Waals surface area (Å²) in [7, 11) is 1.40. The number of carbonyl (C=O) groups excluding carboxylic acids is 10. The summed E-state index contributed by atoms with van der Waals surface area (Å²) >= 11 is 0. The number of hydrogen-bond donors (Lipinski definition) is 14. The third-order valence-corrected chi connectivity index (χ3v) is 15.7. The molecule has 12 atom stereocenters. The van der Waals surface area contributed by atoms with E-state index in [9.17, 15) is 78.6 Å². The Morgan fingerprint density at radius 1 is 0.620 bits per heavy atom. The third-order valence-electron chi connectivity index (χ3n) is 15.7. The molecule has 14 N–H and O–H groups in total. The number of hydrogen-bond acceptors (Lipinski definition) is 17. The summed E-state index contributed by atoms with van der Waals surface area (Å²) < 4.78 is 5.65. The molecule has 26 nitrogen and oxygen atoms in total. The van der Waals surface area contributed by atoms with Crippen LogP contribution in [-0.4, -0.2) is 194 Å². The van der Waals surface area contributed by atoms with Crippen molar-refractivity contribution in [2.45, 2.75) is 206 Å². The maximum Gasteiger partial charge on any atom is 0.329 e. The predicted octanol–water partition coefficient (Wildman–Crippen LogP) is 0.774. The number of aliphatic hydroxyl groups is 5. The normalized spacial score (nSPS) is 18.6. The summed E-state index contributed by atoms with van der Waals surface area (Å²) in [4.78, 5) is 137. The quantitative estimate of drug-likeness (QED) is 0.0255. The first kappa shape index (κ1) is 78.5. The molecule has 3 rings (SSSR count). The molecule has 0 saturated heterocycles. The highest BCUT2D eigenvalue weighted by molar-refractivity contribution is 5.95. The van der Waals surface area contributed by atoms with Crippen LogP contribution in [0.25, 0.3) is 0 Å². The van der Waals surface area contributed by atoms with Crippen molar-refractivity contribution in [3.63, 3.8) is 0 Å². The first-order chi connectivity index (χ1) is 43.5. The zero-order valence-electron chi connectivity index (χ0n) is 54.8. The molecular weight excluding hydrogens is 1190 g/mol. The number of nitrogens with one attached hydrogen (secondary N) is 8. The van der Waals surface area contributed by atoms with Gasteiger partial charge in [0.1, 0.15) is 42.6 Å². The summed E-state index contributed by atoms with van der Waals surface area (Å²) in [6, 6.07) is 3.93. The molecule has 0 spiro atoms. The molecule has 0 fully saturated rings. The molecule has 0 aliphatic carbocycles. The molecule has 12 unspecified atom stereocenters. The third kappa shape index (κ3) is 27.2. The fourth-order valence-electron chi connectivity index (χ4n) is 10.00. The van der Waals surface area contributed by atoms with Crippen LogP contribution in [0.3, 0.4) is 0 Å². The van der Waals surface area contributed by atoms with Crippen molar-refractivity contribution in [3.05, 3.63) is 90.0 Å². The van der Waals surface area contributed by atoms with E-state index in [1.165, 1.54) is 30.2 Å². The number of likely N-dealkylation sites (N-methyl/N-ethyl adjacent to an activating group) is 1. The van der Waals surface area contributed by atoms with Crippen LogP contribution in [0, 0.1) is 23.7 Å². The molecule has 92 heavy (non-hydrogen) atoms. The van der Waals surface area contributed by atoms with Crippen LogP contribution < -0.4 is 42.5 Å². The lowest BCUT2D eigenvalue weighted by Crippen LogP contribution is -2.58. The largest absolute Gasteiger partial charge is 0.508 e. The number of nitrogens with zero attached hydrogens (tertiary/aromatic N) is 1. The lowest BCUT2D eigenvalue weighted by Gasteiger charge is -2.32. The zero-order valence-corrected chi connectivity index (χ0v) is 54.8. The Labute approximate surface area is 539 Å². The summed E-state index contributed by atoms with van der Waals surface area (Å²) in [6.07, 6.45) is 4.58. The van der Waals surface area contributed by atoms with Crippen molar-refractivity contribution in [1.29, 1.82) is 0 Å². The highest BCUT2D eigenvalue weighted by Gasteiger charge is 2.38. The SMILES string of the molecule is CCCCCCC=CCC(=O)NC(Cc1ccccc1)C(O)CC(=O)NC(C(=O)NC(CO)C(O)CC(=O)NC(C(=O)NC(CO)C(O)CC(=O)NC(C(=O)NC1C=CC(=O)NC(C(C)C)C(=O)N(C)C(Cc2ccc(O)cc2)C(=O)OC1)C(C)C)C(C)C)C(C)C. The van der Waals surface area contributed by atoms with E-state index in [-0.39, 0.29) is 30.9 Å². The van der Waals surface area contributed by atoms with Gasteiger partial charge in [-0.3, -0.25) is 43.2 Å². The number of amides is 9. The first-order valence-electron chi connectivity index (χ1n) is 31.7. The van der Waals surface area contributed by atoms with Gasteiger partial charge in [-0.15, -0.1) is 0 Å². The van der Waals surface area contributed by atoms with E-state index in [0.29, 0.717) is 5.56 Å². The number of allylic oxidation sites excluding steroid dienone is 1. The second-order valence-corrected chi connectivity index (χ2v) is 24.8. The lowest BCUT2D eigenvalue weighted by molar-refractivity contribution is -0.156. The topological polar surface area (TPSA) is 401 Å². The number of rotatable bonds is 36. The van der Waals surface area contributed by atoms with Gasteiger partial charge in [-0.1, -0.05) is 142 Å². The Morgan fingerprint density at radius 2 is 1.12 bits per heavy atom. The molecular formula is C66H101N9O17. The lowest BCUT2D eigenvalue weighted by atomic mass is 9.97. The Morgan fingerprint density at radius 3 is 1.60 bits per heavy atom. The predicted molar refractivity (Wildman–Crippen MR) is 342 cm³/mol. The number of ether oxygens (including phenoxy) is 1. The van der Waals surface area contributed by atoms with E-state index in [1.807, 2.05) is 36.4 Å². The maximum absolute atomic E-state index is 13.9. The van der Waals surface area contributed by atoms with Crippen LogP contribution in [0.2, 0.25) is 0 Å². The van der Waals surface area contributed by atoms with E-state index >= 15 is 0 Å². The number of phenols is 1. The zero-order chi connectivity index (χ0) is 68.8. The van der Waals surface area contributed by atoms with E-state index in [1.54, 1.807) is 73.6 Å². The van der Waals surface area contributed by atoms with Crippen molar-refractivity contribution < 1.29 is 83.3 Å². The average molecular weight is 1290 g/mol. The summed E-state index contributed by atoms with van der Waals surface area (Å²) in [6.45, 7) is 12.9. The molecule has 2 aromatic carbocycles. The number of aliphatic hydroxyl groups excluding tert-OH is 5. The fourth-order valence-corrected chi connectivity index (χ4v) is 10.00. The fraction of sp³-hybridized carbons (Fsp3) is 0.606. The van der Waals surface area contributed by atoms with Crippen LogP contribution in [0.15, 0.2) is 78.9 Å². The molecule has 9 amide bonds. The van der Waals surface area contributed by atoms with Gasteiger partial charge in [0.2, 0.25) is 53.2 Å². The Kier molecular flexibility index (Phi) is 34.3. The van der Waals surface area contributed by atoms with Crippen molar-refractivity contribution in [1.82, 2.24) is 47.4 Å². The smallest absolute Gasteiger partial charge is 0.329 e. The number of cyclic esters (lactones) is 1. The standard InChI is InChI=1S/C66H101N9O17/c1-11-12-13-14-15-16-20-23-53(82)68-46(30-42-21-18-17-19-22-42)50(79)32-55(84)73-59(39(4)5)63(88)69-48(36-77)52(81)34-57(86)74-60(40(6)7)64(89)70-47(35-76)51(80)33-56(85)72-58(38(2)3)62(87)67-44-26-29-54(83)71-61(41(8)9)65(90)75(10)49(66(91)92-37-44)31-43-24-27-45(78)28-25-43/h16-22,24-29,38-41,44,46-52,58-61,76-81H,11-15,23,30-37H2,1-10H3,(H,67,87)(H,68,82)(H,69,88)(H,70,89)(H,71,83)(H,72,85)(H,73,84)(H,74,86). The highest BCUT2D eigenvalue weighted by Crippen LogP contribution is 2.19. The minimum atomic E-state index is -1.77. The van der Waals surface area contributed by atoms with E-state index in [0.717, 1.165) is 43.7 Å². The van der Waals surface area contributed by atoms with Gasteiger partial charge in [-0.2, -0.15) is 0 Å². The molecule has 2 aromatic rings. The molecule has 0 saturated carbocycles. The molecule has 0 aromatic heterocycles. The molecule has 26 heteroatoms. The van der Waals surface area contributed by atoms with Crippen LogP contribution in [0.5, 0.6) is 5.75 Å². The average Bonchev–Trinajstić information content (AvgIpc) is 1.29. The molecule has 512 valence electrons. The molecule has 0 radical (unpaired) electrons. The summed E-state index contributed by atoms with van der Waals surface area (Å²) in [5.41, 5.74) is 1.38. The number of unbranched alkanes of at least 4 members (excludes halogenated alkanes) is 4. The van der Waals surface area contributed by atoms with Gasteiger partial charge in [0.25, 0.3) is 0 Å². The van der Waals surface area contributed by atoms with Crippen molar-refractivity contribution in [2.75, 3.05) is 26.9 Å². The molecule has 1 aliphatic heterocycles. The molecule has 1 aliphatic rings. The van der Waals surface area contributed by atoms with E-state index in [2.05, 4.69) is 49.5 Å². The molecule has 0 bridgehead atoms. The van der Waals surface area contributed by atoms with Gasteiger partial charge in [-0.05, 0) is 66.2 Å². The van der Waals surface area contributed by atoms with Crippen LogP contribution >= 0.6 is 0 Å². The van der Waals surface area contributed by atoms with Crippen LogP contribution in [0.1, 0.15) is 131 Å². The Hall–Kier alpha value is -7.78. The van der Waals surface area contributed by atoms with Crippen molar-refractivity contribution >= 4 is 59.1 Å². The van der Waals surface area contributed by atoms with Gasteiger partial charge < -0.3 is 82.8 Å². The van der Waals surface area contributed by atoms with Gasteiger partial charge in [0, 0.05) is 26.0 Å². The van der Waals surface area contributed by atoms with Gasteiger partial charge in [0.05, 0.1) is 75.0 Å². The maximum atomic E-state index is 13.9. The van der Waals surface area contributed by atoms with Gasteiger partial charge >= 0.3 is 5.97 Å². The second-order valence-electron chi connectivity index (χ2n) is 24.8. The number of carbonyl (C=O) groups is 10. The van der Waals surface area contributed by atoms with Crippen molar-refractivity contribution in [2.24, 2.45) is 23.7 Å². The van der Waals surface area contributed by atoms with Gasteiger partial charge in [0.15, 0.2) is 0 Å². The van der Waals surface area contributed by atoms with E-state index < -0.39 is 189 Å². The monoisotopic (exact) mass is 1290 g/mol. The number of aromatic hydroxyl groups is 1. The first-order valence-corrected chi connectivity index (χ1v) is 31.7. The summed E-state index contributed by atoms with van der Waals surface area (Å²) in [5, 5.41) is 84.8. The van der Waals surface area contributed by atoms with Gasteiger partial charge in [-0.25, -0.2) is 4.79 Å². The highest BCUT2D eigenvalue weighted by atomic mass is 16.5. The number of phenolic OH excluding ortho intramolecular Hbond substituents is 1. The molecule has 1 heterocycles.